The van der Waals surface area contributed by atoms with Gasteiger partial charge < -0.3 is 0 Å². The molecule has 3 rings (SSSR count). The molecule has 6 heteroatoms. The second-order valence-electron chi connectivity index (χ2n) is 4.26. The summed E-state index contributed by atoms with van der Waals surface area (Å²) in [6.45, 7) is 0. The third kappa shape index (κ3) is 1.74. The lowest BCUT2D eigenvalue weighted by molar-refractivity contribution is -0.385. The van der Waals surface area contributed by atoms with Gasteiger partial charge in [0.1, 0.15) is 0 Å². The highest BCUT2D eigenvalue weighted by molar-refractivity contribution is 6.12. The van der Waals surface area contributed by atoms with Gasteiger partial charge in [0.25, 0.3) is 11.4 Å². The molecule has 0 N–H and O–H groups in total. The normalized spacial score (nSPS) is 10.8. The van der Waals surface area contributed by atoms with Crippen LogP contribution in [-0.2, 0) is 0 Å². The number of hydrogen-bond donors (Lipinski definition) is 0. The highest BCUT2D eigenvalue weighted by Crippen LogP contribution is 2.33. The molecule has 3 aromatic carbocycles. The van der Waals surface area contributed by atoms with Gasteiger partial charge in [0.15, 0.2) is 0 Å². The van der Waals surface area contributed by atoms with Crippen molar-refractivity contribution in [2.75, 3.05) is 0 Å². The molecule has 6 nitrogen and oxygen atoms in total. The van der Waals surface area contributed by atoms with E-state index in [1.54, 1.807) is 24.3 Å². The minimum absolute atomic E-state index is 0.0182. The summed E-state index contributed by atoms with van der Waals surface area (Å²) in [5.41, 5.74) is -0.175. The Morgan fingerprint density at radius 2 is 1.70 bits per heavy atom. The lowest BCUT2D eigenvalue weighted by atomic mass is 10.0. The summed E-state index contributed by atoms with van der Waals surface area (Å²) in [6.07, 6.45) is 0. The molecule has 3 aromatic rings. The molecule has 0 amide bonds. The SMILES string of the molecule is O=[N+]([O-])c1[c]c2ccc3cccc([N+](=O)[O-])c3c2cc1. The summed E-state index contributed by atoms with van der Waals surface area (Å²) < 4.78 is 0. The Labute approximate surface area is 112 Å². The fourth-order valence-corrected chi connectivity index (χ4v) is 2.27. The Morgan fingerprint density at radius 1 is 0.900 bits per heavy atom. The van der Waals surface area contributed by atoms with Gasteiger partial charge in [0.05, 0.1) is 21.3 Å². The maximum Gasteiger partial charge on any atom is 0.278 e. The van der Waals surface area contributed by atoms with Crippen molar-refractivity contribution in [3.05, 3.63) is 68.8 Å². The lowest BCUT2D eigenvalue weighted by Gasteiger charge is -2.04. The first kappa shape index (κ1) is 12.0. The van der Waals surface area contributed by atoms with Gasteiger partial charge in [-0.15, -0.1) is 0 Å². The average Bonchev–Trinajstić information content (AvgIpc) is 2.45. The van der Waals surface area contributed by atoms with Crippen LogP contribution in [0.15, 0.2) is 42.5 Å². The maximum atomic E-state index is 11.1. The van der Waals surface area contributed by atoms with Crippen LogP contribution in [0.1, 0.15) is 0 Å². The van der Waals surface area contributed by atoms with Crippen molar-refractivity contribution in [1.29, 1.82) is 0 Å². The van der Waals surface area contributed by atoms with Crippen molar-refractivity contribution in [2.24, 2.45) is 0 Å². The van der Waals surface area contributed by atoms with Crippen LogP contribution in [0.4, 0.5) is 11.4 Å². The summed E-state index contributed by atoms with van der Waals surface area (Å²) in [5, 5.41) is 24.1. The van der Waals surface area contributed by atoms with E-state index in [4.69, 9.17) is 0 Å². The molecule has 0 aliphatic carbocycles. The second-order valence-corrected chi connectivity index (χ2v) is 4.26. The maximum absolute atomic E-state index is 11.1. The van der Waals surface area contributed by atoms with Crippen LogP contribution in [0.25, 0.3) is 21.5 Å². The molecule has 0 fully saturated rings. The summed E-state index contributed by atoms with van der Waals surface area (Å²) in [6, 6.07) is 13.7. The molecule has 0 unspecified atom stereocenters. The Hall–Kier alpha value is -3.02. The van der Waals surface area contributed by atoms with E-state index < -0.39 is 9.85 Å². The lowest BCUT2D eigenvalue weighted by Crippen LogP contribution is -1.91. The van der Waals surface area contributed by atoms with E-state index in [1.165, 1.54) is 18.2 Å². The Balaban J connectivity index is 2.46. The van der Waals surface area contributed by atoms with Gasteiger partial charge in [-0.25, -0.2) is 0 Å². The quantitative estimate of drug-likeness (QED) is 0.403. The van der Waals surface area contributed by atoms with E-state index >= 15 is 0 Å². The van der Waals surface area contributed by atoms with Crippen LogP contribution in [0, 0.1) is 26.3 Å². The van der Waals surface area contributed by atoms with Crippen LogP contribution < -0.4 is 0 Å². The minimum atomic E-state index is -0.539. The molecule has 97 valence electrons. The van der Waals surface area contributed by atoms with Crippen LogP contribution in [-0.4, -0.2) is 9.85 Å². The van der Waals surface area contributed by atoms with Gasteiger partial charge in [0, 0.05) is 12.1 Å². The molecule has 0 heterocycles. The highest BCUT2D eigenvalue weighted by atomic mass is 16.6. The minimum Gasteiger partial charge on any atom is -0.258 e. The van der Waals surface area contributed by atoms with E-state index in [0.717, 1.165) is 0 Å². The van der Waals surface area contributed by atoms with Crippen molar-refractivity contribution in [1.82, 2.24) is 0 Å². The molecule has 0 bridgehead atoms. The first-order chi connectivity index (χ1) is 9.58. The molecule has 0 saturated heterocycles. The first-order valence-corrected chi connectivity index (χ1v) is 5.74. The van der Waals surface area contributed by atoms with Crippen molar-refractivity contribution in [2.45, 2.75) is 0 Å². The standard InChI is InChI=1S/C14H7N2O4/c17-15(18)11-6-7-12-10(8-11)5-4-9-2-1-3-13(14(9)12)16(19)20/h1-7H. The van der Waals surface area contributed by atoms with Crippen molar-refractivity contribution in [3.63, 3.8) is 0 Å². The molecule has 20 heavy (non-hydrogen) atoms. The summed E-state index contributed by atoms with van der Waals surface area (Å²) >= 11 is 0. The molecule has 0 aliphatic rings. The van der Waals surface area contributed by atoms with Gasteiger partial charge in [0.2, 0.25) is 0 Å². The Bertz CT molecular complexity index is 874. The predicted octanol–water partition coefficient (Wildman–Crippen LogP) is 3.61. The Morgan fingerprint density at radius 3 is 2.40 bits per heavy atom. The molecule has 0 aliphatic heterocycles. The number of fused-ring (bicyclic) bond motifs is 3. The van der Waals surface area contributed by atoms with Crippen molar-refractivity contribution in [3.8, 4) is 0 Å². The molecular formula is C14H7N2O4. The number of hydrogen-bond acceptors (Lipinski definition) is 4. The predicted molar refractivity (Wildman–Crippen MR) is 73.6 cm³/mol. The zero-order valence-corrected chi connectivity index (χ0v) is 10.1. The van der Waals surface area contributed by atoms with E-state index in [0.29, 0.717) is 21.5 Å². The topological polar surface area (TPSA) is 86.3 Å². The fraction of sp³-hybridized carbons (Fsp3) is 0. The summed E-state index contributed by atoms with van der Waals surface area (Å²) in [7, 11) is 0. The number of rotatable bonds is 2. The van der Waals surface area contributed by atoms with E-state index in [1.807, 2.05) is 0 Å². The highest BCUT2D eigenvalue weighted by Gasteiger charge is 2.16. The van der Waals surface area contributed by atoms with Gasteiger partial charge in [-0.3, -0.25) is 20.2 Å². The monoisotopic (exact) mass is 267 g/mol. The largest absolute Gasteiger partial charge is 0.278 e. The number of nitrogens with zero attached hydrogens (tertiary/aromatic N) is 2. The summed E-state index contributed by atoms with van der Waals surface area (Å²) in [4.78, 5) is 20.9. The molecule has 1 radical (unpaired) electrons. The molecule has 0 spiro atoms. The molecular weight excluding hydrogens is 260 g/mol. The van der Waals surface area contributed by atoms with Crippen molar-refractivity contribution >= 4 is 32.9 Å². The van der Waals surface area contributed by atoms with Gasteiger partial charge in [-0.1, -0.05) is 24.3 Å². The zero-order valence-electron chi connectivity index (χ0n) is 10.1. The van der Waals surface area contributed by atoms with E-state index in [2.05, 4.69) is 6.07 Å². The van der Waals surface area contributed by atoms with E-state index in [9.17, 15) is 20.2 Å². The third-order valence-corrected chi connectivity index (χ3v) is 3.13. The van der Waals surface area contributed by atoms with E-state index in [-0.39, 0.29) is 11.4 Å². The molecule has 0 aromatic heterocycles. The number of benzene rings is 3. The van der Waals surface area contributed by atoms with Crippen molar-refractivity contribution < 1.29 is 9.85 Å². The van der Waals surface area contributed by atoms with Gasteiger partial charge in [-0.2, -0.15) is 0 Å². The van der Waals surface area contributed by atoms with Crippen LogP contribution in [0.3, 0.4) is 0 Å². The fourth-order valence-electron chi connectivity index (χ4n) is 2.27. The van der Waals surface area contributed by atoms with Crippen LogP contribution >= 0.6 is 0 Å². The number of nitro groups is 2. The first-order valence-electron chi connectivity index (χ1n) is 5.74. The average molecular weight is 267 g/mol. The van der Waals surface area contributed by atoms with Crippen LogP contribution in [0.5, 0.6) is 0 Å². The molecule has 0 saturated carbocycles. The molecule has 0 atom stereocenters. The number of nitro benzene ring substituents is 2. The zero-order chi connectivity index (χ0) is 14.3. The number of non-ortho nitro benzene ring substituents is 2. The Kier molecular flexibility index (Phi) is 2.57. The van der Waals surface area contributed by atoms with Crippen LogP contribution in [0.2, 0.25) is 0 Å². The third-order valence-electron chi connectivity index (χ3n) is 3.13. The van der Waals surface area contributed by atoms with Gasteiger partial charge >= 0.3 is 0 Å². The summed E-state index contributed by atoms with van der Waals surface area (Å²) in [5.74, 6) is 0. The van der Waals surface area contributed by atoms with Gasteiger partial charge in [-0.05, 0) is 22.2 Å². The smallest absolute Gasteiger partial charge is 0.258 e. The second kappa shape index (κ2) is 4.27.